The Morgan fingerprint density at radius 2 is 2.12 bits per heavy atom. The zero-order valence-corrected chi connectivity index (χ0v) is 8.85. The summed E-state index contributed by atoms with van der Waals surface area (Å²) < 4.78 is 31.9. The first-order valence-electron chi connectivity index (χ1n) is 5.28. The van der Waals surface area contributed by atoms with Crippen molar-refractivity contribution < 1.29 is 13.5 Å². The molecule has 0 unspecified atom stereocenters. The monoisotopic (exact) mass is 237 g/mol. The number of hydrogen-bond donors (Lipinski definition) is 1. The SMILES string of the molecule is O=c1c2c([nH]c3c(F)c(F)ccc13)CCOC2. The van der Waals surface area contributed by atoms with Gasteiger partial charge >= 0.3 is 0 Å². The lowest BCUT2D eigenvalue weighted by Gasteiger charge is -2.16. The first kappa shape index (κ1) is 10.4. The van der Waals surface area contributed by atoms with E-state index >= 15 is 0 Å². The van der Waals surface area contributed by atoms with Gasteiger partial charge in [-0.05, 0) is 12.1 Å². The van der Waals surface area contributed by atoms with Crippen LogP contribution in [0.5, 0.6) is 0 Å². The van der Waals surface area contributed by atoms with Crippen molar-refractivity contribution in [3.05, 3.63) is 45.2 Å². The summed E-state index contributed by atoms with van der Waals surface area (Å²) in [5, 5.41) is 0.160. The average Bonchev–Trinajstić information content (AvgIpc) is 2.35. The van der Waals surface area contributed by atoms with E-state index in [1.165, 1.54) is 6.07 Å². The molecule has 0 spiro atoms. The van der Waals surface area contributed by atoms with Crippen LogP contribution in [-0.4, -0.2) is 11.6 Å². The van der Waals surface area contributed by atoms with E-state index in [1.54, 1.807) is 0 Å². The molecule has 88 valence electrons. The van der Waals surface area contributed by atoms with Gasteiger partial charge in [-0.3, -0.25) is 4.79 Å². The Morgan fingerprint density at radius 1 is 1.29 bits per heavy atom. The Balaban J connectivity index is 2.44. The molecule has 1 aromatic heterocycles. The summed E-state index contributed by atoms with van der Waals surface area (Å²) in [4.78, 5) is 14.8. The molecule has 1 aliphatic heterocycles. The highest BCUT2D eigenvalue weighted by Gasteiger charge is 2.18. The molecule has 0 fully saturated rings. The van der Waals surface area contributed by atoms with Gasteiger partial charge in [0.25, 0.3) is 0 Å². The van der Waals surface area contributed by atoms with E-state index in [0.29, 0.717) is 24.3 Å². The lowest BCUT2D eigenvalue weighted by Crippen LogP contribution is -2.22. The molecule has 1 aliphatic rings. The number of aromatic amines is 1. The van der Waals surface area contributed by atoms with Gasteiger partial charge in [-0.2, -0.15) is 0 Å². The number of halogens is 2. The third-order valence-electron chi connectivity index (χ3n) is 3.00. The van der Waals surface area contributed by atoms with E-state index in [4.69, 9.17) is 4.74 Å². The number of fused-ring (bicyclic) bond motifs is 2. The molecule has 0 amide bonds. The van der Waals surface area contributed by atoms with E-state index in [-0.39, 0.29) is 22.9 Å². The lowest BCUT2D eigenvalue weighted by molar-refractivity contribution is 0.108. The van der Waals surface area contributed by atoms with Crippen LogP contribution in [-0.2, 0) is 17.8 Å². The van der Waals surface area contributed by atoms with Crippen molar-refractivity contribution in [2.75, 3.05) is 6.61 Å². The highest BCUT2D eigenvalue weighted by atomic mass is 19.2. The Kier molecular flexibility index (Phi) is 2.22. The minimum Gasteiger partial charge on any atom is -0.376 e. The number of rotatable bonds is 0. The molecule has 2 aromatic rings. The summed E-state index contributed by atoms with van der Waals surface area (Å²) in [5.74, 6) is -1.96. The maximum Gasteiger partial charge on any atom is 0.195 e. The van der Waals surface area contributed by atoms with Crippen LogP contribution in [0.2, 0.25) is 0 Å². The first-order valence-corrected chi connectivity index (χ1v) is 5.28. The number of nitrogens with one attached hydrogen (secondary N) is 1. The minimum atomic E-state index is -1.01. The average molecular weight is 237 g/mol. The summed E-state index contributed by atoms with van der Waals surface area (Å²) in [6.45, 7) is 0.699. The summed E-state index contributed by atoms with van der Waals surface area (Å²) in [7, 11) is 0. The number of pyridine rings is 1. The van der Waals surface area contributed by atoms with Crippen LogP contribution < -0.4 is 5.43 Å². The first-order chi connectivity index (χ1) is 8.18. The van der Waals surface area contributed by atoms with Crippen LogP contribution in [0.4, 0.5) is 8.78 Å². The largest absolute Gasteiger partial charge is 0.376 e. The summed E-state index contributed by atoms with van der Waals surface area (Å²) in [6.07, 6.45) is 0.510. The van der Waals surface area contributed by atoms with Gasteiger partial charge in [-0.1, -0.05) is 0 Å². The molecule has 0 saturated carbocycles. The van der Waals surface area contributed by atoms with Crippen LogP contribution in [0.3, 0.4) is 0 Å². The second-order valence-corrected chi connectivity index (χ2v) is 4.00. The number of hydrogen-bond acceptors (Lipinski definition) is 2. The molecule has 3 rings (SSSR count). The van der Waals surface area contributed by atoms with Gasteiger partial charge in [0.1, 0.15) is 0 Å². The van der Waals surface area contributed by atoms with Crippen molar-refractivity contribution in [1.29, 1.82) is 0 Å². The van der Waals surface area contributed by atoms with Crippen molar-refractivity contribution >= 4 is 10.9 Å². The standard InChI is InChI=1S/C12H9F2NO2/c13-8-2-1-6-11(10(8)14)15-9-3-4-17-5-7(9)12(6)16/h1-2H,3-5H2,(H,15,16). The second kappa shape index (κ2) is 3.63. The van der Waals surface area contributed by atoms with E-state index in [0.717, 1.165) is 6.07 Å². The van der Waals surface area contributed by atoms with Crippen molar-refractivity contribution in [1.82, 2.24) is 4.98 Å². The smallest absolute Gasteiger partial charge is 0.195 e. The third kappa shape index (κ3) is 1.46. The van der Waals surface area contributed by atoms with Gasteiger partial charge in [0.15, 0.2) is 17.1 Å². The number of aromatic nitrogens is 1. The molecule has 3 nitrogen and oxygen atoms in total. The fourth-order valence-corrected chi connectivity index (χ4v) is 2.10. The molecule has 0 atom stereocenters. The molecule has 0 radical (unpaired) electrons. The second-order valence-electron chi connectivity index (χ2n) is 4.00. The molecular weight excluding hydrogens is 228 g/mol. The van der Waals surface area contributed by atoms with Crippen molar-refractivity contribution in [2.24, 2.45) is 0 Å². The summed E-state index contributed by atoms with van der Waals surface area (Å²) >= 11 is 0. The highest BCUT2D eigenvalue weighted by Crippen LogP contribution is 2.20. The quantitative estimate of drug-likeness (QED) is 0.760. The number of H-pyrrole nitrogens is 1. The van der Waals surface area contributed by atoms with Crippen LogP contribution in [0.15, 0.2) is 16.9 Å². The van der Waals surface area contributed by atoms with Gasteiger partial charge in [0.05, 0.1) is 18.7 Å². The van der Waals surface area contributed by atoms with Crippen molar-refractivity contribution in [3.8, 4) is 0 Å². The predicted molar refractivity (Wildman–Crippen MR) is 57.8 cm³/mol. The molecule has 0 saturated heterocycles. The Bertz CT molecular complexity index is 664. The van der Waals surface area contributed by atoms with Crippen molar-refractivity contribution in [2.45, 2.75) is 13.0 Å². The van der Waals surface area contributed by atoms with Gasteiger partial charge in [0.2, 0.25) is 0 Å². The topological polar surface area (TPSA) is 42.1 Å². The predicted octanol–water partition coefficient (Wildman–Crippen LogP) is 1.88. The van der Waals surface area contributed by atoms with Crippen LogP contribution in [0.25, 0.3) is 10.9 Å². The molecule has 0 aliphatic carbocycles. The zero-order chi connectivity index (χ0) is 12.0. The normalized spacial score (nSPS) is 14.9. The summed E-state index contributed by atoms with van der Waals surface area (Å²) in [6, 6.07) is 2.25. The summed E-state index contributed by atoms with van der Waals surface area (Å²) in [5.41, 5.74) is 0.802. The van der Waals surface area contributed by atoms with E-state index in [1.807, 2.05) is 0 Å². The molecule has 17 heavy (non-hydrogen) atoms. The molecule has 1 aromatic carbocycles. The van der Waals surface area contributed by atoms with Crippen molar-refractivity contribution in [3.63, 3.8) is 0 Å². The molecule has 5 heteroatoms. The molecule has 1 N–H and O–H groups in total. The van der Waals surface area contributed by atoms with Crippen LogP contribution in [0.1, 0.15) is 11.3 Å². The molecule has 0 bridgehead atoms. The Morgan fingerprint density at radius 3 is 2.94 bits per heavy atom. The molecular formula is C12H9F2NO2. The minimum absolute atomic E-state index is 0.0596. The van der Waals surface area contributed by atoms with E-state index in [9.17, 15) is 13.6 Å². The number of benzene rings is 1. The molecule has 2 heterocycles. The zero-order valence-electron chi connectivity index (χ0n) is 8.85. The van der Waals surface area contributed by atoms with Crippen LogP contribution >= 0.6 is 0 Å². The van der Waals surface area contributed by atoms with Gasteiger partial charge in [-0.25, -0.2) is 8.78 Å². The lowest BCUT2D eigenvalue weighted by atomic mass is 10.1. The van der Waals surface area contributed by atoms with E-state index in [2.05, 4.69) is 4.98 Å². The fourth-order valence-electron chi connectivity index (χ4n) is 2.10. The van der Waals surface area contributed by atoms with Gasteiger partial charge in [-0.15, -0.1) is 0 Å². The maximum atomic E-state index is 13.6. The Hall–Kier alpha value is -1.75. The Labute approximate surface area is 95.0 Å². The third-order valence-corrected chi connectivity index (χ3v) is 3.00. The maximum absolute atomic E-state index is 13.6. The van der Waals surface area contributed by atoms with Crippen LogP contribution in [0, 0.1) is 11.6 Å². The fraction of sp³-hybridized carbons (Fsp3) is 0.250. The highest BCUT2D eigenvalue weighted by molar-refractivity contribution is 5.80. The van der Waals surface area contributed by atoms with Gasteiger partial charge in [0, 0.05) is 23.1 Å². The van der Waals surface area contributed by atoms with E-state index < -0.39 is 11.6 Å². The van der Waals surface area contributed by atoms with Gasteiger partial charge < -0.3 is 9.72 Å². The number of ether oxygens (including phenoxy) is 1.